The number of nitrogens with one attached hydrogen (secondary N) is 1. The number of nitrogens with zero attached hydrogens (tertiary/aromatic N) is 1. The molecule has 0 heterocycles. The van der Waals surface area contributed by atoms with Crippen molar-refractivity contribution in [3.8, 4) is 11.8 Å². The van der Waals surface area contributed by atoms with Crippen molar-refractivity contribution in [3.05, 3.63) is 33.9 Å². The largest absolute Gasteiger partial charge is 0.321 e. The van der Waals surface area contributed by atoms with Crippen molar-refractivity contribution in [3.63, 3.8) is 0 Å². The lowest BCUT2D eigenvalue weighted by Crippen LogP contribution is -2.08. The van der Waals surface area contributed by atoms with Crippen molar-refractivity contribution in [2.24, 2.45) is 0 Å². The van der Waals surface area contributed by atoms with E-state index in [1.165, 1.54) is 25.1 Å². The predicted octanol–water partition coefficient (Wildman–Crippen LogP) is 1.10. The second-order valence-corrected chi connectivity index (χ2v) is 3.06. The van der Waals surface area contributed by atoms with Gasteiger partial charge in [0.15, 0.2) is 6.29 Å². The number of amides is 1. The van der Waals surface area contributed by atoms with E-state index >= 15 is 0 Å². The first kappa shape index (κ1) is 12.4. The number of anilines is 1. The van der Waals surface area contributed by atoms with Crippen LogP contribution in [0.4, 0.5) is 11.4 Å². The molecule has 0 saturated heterocycles. The van der Waals surface area contributed by atoms with Crippen molar-refractivity contribution in [1.82, 2.24) is 0 Å². The minimum atomic E-state index is -0.628. The number of nitro groups is 1. The first-order valence-electron chi connectivity index (χ1n) is 4.56. The van der Waals surface area contributed by atoms with Crippen LogP contribution in [0.1, 0.15) is 12.5 Å². The average Bonchev–Trinajstić information content (AvgIpc) is 2.26. The minimum absolute atomic E-state index is 0.0964. The van der Waals surface area contributed by atoms with Gasteiger partial charge in [0.1, 0.15) is 5.69 Å². The highest BCUT2D eigenvalue weighted by atomic mass is 16.6. The maximum atomic E-state index is 10.8. The van der Waals surface area contributed by atoms with Crippen LogP contribution in [0, 0.1) is 22.0 Å². The maximum absolute atomic E-state index is 10.8. The molecule has 0 aliphatic carbocycles. The summed E-state index contributed by atoms with van der Waals surface area (Å²) in [4.78, 5) is 31.0. The lowest BCUT2D eigenvalue weighted by atomic mass is 10.1. The van der Waals surface area contributed by atoms with Gasteiger partial charge in [-0.05, 0) is 18.1 Å². The monoisotopic (exact) mass is 232 g/mol. The number of aldehydes is 1. The fourth-order valence-corrected chi connectivity index (χ4v) is 1.17. The Labute approximate surface area is 96.8 Å². The number of carbonyl (C=O) groups excluding carboxylic acids is 2. The molecule has 86 valence electrons. The highest BCUT2D eigenvalue weighted by molar-refractivity contribution is 5.91. The molecule has 0 radical (unpaired) electrons. The van der Waals surface area contributed by atoms with Crippen LogP contribution >= 0.6 is 0 Å². The predicted molar refractivity (Wildman–Crippen MR) is 60.3 cm³/mol. The van der Waals surface area contributed by atoms with Crippen molar-refractivity contribution >= 4 is 23.6 Å². The van der Waals surface area contributed by atoms with Gasteiger partial charge in [0, 0.05) is 18.6 Å². The number of hydrogen-bond donors (Lipinski definition) is 1. The second-order valence-electron chi connectivity index (χ2n) is 3.06. The Morgan fingerprint density at radius 2 is 2.24 bits per heavy atom. The van der Waals surface area contributed by atoms with Crippen LogP contribution in [0.2, 0.25) is 0 Å². The van der Waals surface area contributed by atoms with E-state index < -0.39 is 10.8 Å². The Morgan fingerprint density at radius 1 is 1.53 bits per heavy atom. The van der Waals surface area contributed by atoms with Gasteiger partial charge in [0.25, 0.3) is 5.69 Å². The molecular formula is C11H8N2O4. The van der Waals surface area contributed by atoms with Crippen molar-refractivity contribution < 1.29 is 14.5 Å². The summed E-state index contributed by atoms with van der Waals surface area (Å²) in [6.45, 7) is 1.25. The van der Waals surface area contributed by atoms with Crippen LogP contribution < -0.4 is 5.32 Å². The van der Waals surface area contributed by atoms with E-state index in [0.717, 1.165) is 0 Å². The molecule has 0 aromatic heterocycles. The number of benzene rings is 1. The second kappa shape index (κ2) is 5.42. The highest BCUT2D eigenvalue weighted by Crippen LogP contribution is 2.25. The van der Waals surface area contributed by atoms with Gasteiger partial charge < -0.3 is 5.32 Å². The molecule has 0 aliphatic heterocycles. The van der Waals surface area contributed by atoms with Gasteiger partial charge in [-0.3, -0.25) is 19.7 Å². The standard InChI is InChI=1S/C11H8N2O4/c1-8(15)12-10-5-4-9(3-2-6-14)7-11(10)13(16)17/h4-7H,1H3,(H,12,15). The minimum Gasteiger partial charge on any atom is -0.321 e. The smallest absolute Gasteiger partial charge is 0.293 e. The quantitative estimate of drug-likeness (QED) is 0.358. The number of rotatable bonds is 2. The molecule has 6 heteroatoms. The van der Waals surface area contributed by atoms with Crippen molar-refractivity contribution in [2.75, 3.05) is 5.32 Å². The van der Waals surface area contributed by atoms with Crippen molar-refractivity contribution in [2.45, 2.75) is 6.92 Å². The highest BCUT2D eigenvalue weighted by Gasteiger charge is 2.14. The van der Waals surface area contributed by atoms with Crippen LogP contribution in [-0.2, 0) is 9.59 Å². The first-order chi connectivity index (χ1) is 8.04. The van der Waals surface area contributed by atoms with Gasteiger partial charge in [0.05, 0.1) is 4.92 Å². The van der Waals surface area contributed by atoms with Gasteiger partial charge in [-0.25, -0.2) is 0 Å². The summed E-state index contributed by atoms with van der Waals surface area (Å²) >= 11 is 0. The third kappa shape index (κ3) is 3.43. The molecular weight excluding hydrogens is 224 g/mol. The Kier molecular flexibility index (Phi) is 3.95. The molecule has 0 aliphatic rings. The maximum Gasteiger partial charge on any atom is 0.293 e. The first-order valence-corrected chi connectivity index (χ1v) is 4.56. The summed E-state index contributed by atoms with van der Waals surface area (Å²) in [6, 6.07) is 4.05. The molecule has 1 rings (SSSR count). The molecule has 0 saturated carbocycles. The Hall–Kier alpha value is -2.68. The van der Waals surface area contributed by atoms with E-state index in [1.807, 2.05) is 0 Å². The summed E-state index contributed by atoms with van der Waals surface area (Å²) < 4.78 is 0. The van der Waals surface area contributed by atoms with Gasteiger partial charge in [0.2, 0.25) is 5.91 Å². The lowest BCUT2D eigenvalue weighted by molar-refractivity contribution is -0.383. The number of carbonyl (C=O) groups is 2. The zero-order valence-corrected chi connectivity index (χ0v) is 8.89. The average molecular weight is 232 g/mol. The molecule has 0 unspecified atom stereocenters. The van der Waals surface area contributed by atoms with Gasteiger partial charge in [-0.2, -0.15) is 0 Å². The van der Waals surface area contributed by atoms with Crippen LogP contribution in [0.5, 0.6) is 0 Å². The summed E-state index contributed by atoms with van der Waals surface area (Å²) in [6.07, 6.45) is 0.396. The Morgan fingerprint density at radius 3 is 2.76 bits per heavy atom. The Bertz CT molecular complexity index is 540. The molecule has 0 bridgehead atoms. The van der Waals surface area contributed by atoms with E-state index in [4.69, 9.17) is 0 Å². The molecule has 1 N–H and O–H groups in total. The molecule has 0 fully saturated rings. The van der Waals surface area contributed by atoms with Crippen LogP contribution in [0.3, 0.4) is 0 Å². The fourth-order valence-electron chi connectivity index (χ4n) is 1.17. The van der Waals surface area contributed by atoms with Gasteiger partial charge in [-0.15, -0.1) is 0 Å². The number of hydrogen-bond acceptors (Lipinski definition) is 4. The zero-order valence-electron chi connectivity index (χ0n) is 8.89. The molecule has 1 aromatic rings. The third-order valence-corrected chi connectivity index (χ3v) is 1.78. The molecule has 17 heavy (non-hydrogen) atoms. The van der Waals surface area contributed by atoms with E-state index in [2.05, 4.69) is 17.2 Å². The topological polar surface area (TPSA) is 89.3 Å². The lowest BCUT2D eigenvalue weighted by Gasteiger charge is -2.03. The molecule has 0 atom stereocenters. The summed E-state index contributed by atoms with van der Waals surface area (Å²) in [5.41, 5.74) is 0.162. The summed E-state index contributed by atoms with van der Waals surface area (Å²) in [5.74, 6) is 4.18. The molecule has 1 aromatic carbocycles. The van der Waals surface area contributed by atoms with E-state index in [-0.39, 0.29) is 11.4 Å². The SMILES string of the molecule is CC(=O)Nc1ccc(C#CC=O)cc1[N+](=O)[O-]. The summed E-state index contributed by atoms with van der Waals surface area (Å²) in [5, 5.41) is 13.1. The molecule has 0 spiro atoms. The Balaban J connectivity index is 3.21. The van der Waals surface area contributed by atoms with Crippen molar-refractivity contribution in [1.29, 1.82) is 0 Å². The normalized spacial score (nSPS) is 8.76. The number of nitro benzene ring substituents is 1. The third-order valence-electron chi connectivity index (χ3n) is 1.78. The summed E-state index contributed by atoms with van der Waals surface area (Å²) in [7, 11) is 0. The fraction of sp³-hybridized carbons (Fsp3) is 0.0909. The molecule has 1 amide bonds. The van der Waals surface area contributed by atoms with E-state index in [0.29, 0.717) is 11.8 Å². The van der Waals surface area contributed by atoms with Gasteiger partial charge in [-0.1, -0.05) is 5.92 Å². The van der Waals surface area contributed by atoms with E-state index in [1.54, 1.807) is 0 Å². The molecule has 6 nitrogen and oxygen atoms in total. The zero-order chi connectivity index (χ0) is 12.8. The van der Waals surface area contributed by atoms with Crippen LogP contribution in [-0.4, -0.2) is 17.1 Å². The van der Waals surface area contributed by atoms with Crippen LogP contribution in [0.25, 0.3) is 0 Å². The van der Waals surface area contributed by atoms with E-state index in [9.17, 15) is 19.7 Å². The van der Waals surface area contributed by atoms with Crippen LogP contribution in [0.15, 0.2) is 18.2 Å². The van der Waals surface area contributed by atoms with Gasteiger partial charge >= 0.3 is 0 Å².